The van der Waals surface area contributed by atoms with Crippen LogP contribution in [0.2, 0.25) is 5.02 Å². The lowest BCUT2D eigenvalue weighted by atomic mass is 10.0. The Labute approximate surface area is 253 Å². The molecule has 7 N–H and O–H groups in total. The van der Waals surface area contributed by atoms with Crippen molar-refractivity contribution in [2.75, 3.05) is 51.7 Å². The minimum absolute atomic E-state index is 0.0211. The fraction of sp³-hybridized carbons (Fsp3) is 0.700. The number of piperidine rings is 1. The van der Waals surface area contributed by atoms with Gasteiger partial charge < -0.3 is 41.5 Å². The zero-order valence-electron chi connectivity index (χ0n) is 24.6. The first-order valence-electron chi connectivity index (χ1n) is 15.4. The van der Waals surface area contributed by atoms with Gasteiger partial charge in [0, 0.05) is 57.0 Å². The number of hydrogen-bond acceptors (Lipinski definition) is 8. The van der Waals surface area contributed by atoms with E-state index in [0.29, 0.717) is 73.8 Å². The number of nitrogen functional groups attached to an aromatic ring is 1. The molecule has 42 heavy (non-hydrogen) atoms. The van der Waals surface area contributed by atoms with Crippen LogP contribution in [0, 0.1) is 0 Å². The molecule has 3 amide bonds. The molecule has 0 saturated carbocycles. The van der Waals surface area contributed by atoms with Gasteiger partial charge in [-0.05, 0) is 64.0 Å². The SMILES string of the molecule is Nc1c(Cl)cc(C(=O)NC2CCN(CCCCCC(=O)NCCCC(=O)NCCCCC(O)CO)CC2)c2c1CCO2. The van der Waals surface area contributed by atoms with E-state index in [-0.39, 0.29) is 30.4 Å². The molecule has 1 aromatic rings. The van der Waals surface area contributed by atoms with Crippen LogP contribution in [0.4, 0.5) is 5.69 Å². The summed E-state index contributed by atoms with van der Waals surface area (Å²) in [5.41, 5.74) is 7.82. The van der Waals surface area contributed by atoms with Crippen LogP contribution in [0.1, 0.15) is 86.6 Å². The number of rotatable bonds is 18. The molecule has 3 rings (SSSR count). The first kappa shape index (κ1) is 33.9. The number of likely N-dealkylation sites (tertiary alicyclic amines) is 1. The first-order valence-corrected chi connectivity index (χ1v) is 15.8. The Kier molecular flexibility index (Phi) is 14.6. The maximum absolute atomic E-state index is 12.9. The number of carbonyl (C=O) groups excluding carboxylic acids is 3. The molecular weight excluding hydrogens is 562 g/mol. The molecule has 1 fully saturated rings. The van der Waals surface area contributed by atoms with E-state index >= 15 is 0 Å². The predicted molar refractivity (Wildman–Crippen MR) is 163 cm³/mol. The van der Waals surface area contributed by atoms with Gasteiger partial charge in [0.25, 0.3) is 5.91 Å². The van der Waals surface area contributed by atoms with Crippen molar-refractivity contribution in [3.63, 3.8) is 0 Å². The van der Waals surface area contributed by atoms with Crippen molar-refractivity contribution < 1.29 is 29.3 Å². The number of unbranched alkanes of at least 4 members (excludes halogenated alkanes) is 3. The molecule has 236 valence electrons. The van der Waals surface area contributed by atoms with Crippen molar-refractivity contribution in [3.05, 3.63) is 22.2 Å². The number of nitrogens with zero attached hydrogens (tertiary/aromatic N) is 1. The van der Waals surface area contributed by atoms with E-state index in [2.05, 4.69) is 20.9 Å². The highest BCUT2D eigenvalue weighted by Gasteiger charge is 2.27. The fourth-order valence-electron chi connectivity index (χ4n) is 5.38. The Hall–Kier alpha value is -2.60. The van der Waals surface area contributed by atoms with Crippen molar-refractivity contribution in [2.45, 2.75) is 89.2 Å². The molecule has 12 heteroatoms. The van der Waals surface area contributed by atoms with Gasteiger partial charge >= 0.3 is 0 Å². The van der Waals surface area contributed by atoms with Crippen LogP contribution in [0.25, 0.3) is 0 Å². The Morgan fingerprint density at radius 3 is 2.43 bits per heavy atom. The molecule has 11 nitrogen and oxygen atoms in total. The van der Waals surface area contributed by atoms with E-state index in [4.69, 9.17) is 27.2 Å². The van der Waals surface area contributed by atoms with Crippen molar-refractivity contribution in [2.24, 2.45) is 0 Å². The minimum atomic E-state index is -0.685. The number of nitrogens with one attached hydrogen (secondary N) is 3. The second-order valence-electron chi connectivity index (χ2n) is 11.3. The summed E-state index contributed by atoms with van der Waals surface area (Å²) < 4.78 is 5.67. The van der Waals surface area contributed by atoms with Gasteiger partial charge in [0.05, 0.1) is 35.6 Å². The van der Waals surface area contributed by atoms with Gasteiger partial charge in [0.1, 0.15) is 5.75 Å². The highest BCUT2D eigenvalue weighted by atomic mass is 35.5. The number of fused-ring (bicyclic) bond motifs is 1. The summed E-state index contributed by atoms with van der Waals surface area (Å²) in [6.45, 7) is 4.13. The third-order valence-corrected chi connectivity index (χ3v) is 8.23. The summed E-state index contributed by atoms with van der Waals surface area (Å²) in [4.78, 5) is 39.3. The smallest absolute Gasteiger partial charge is 0.255 e. The van der Waals surface area contributed by atoms with Gasteiger partial charge in [-0.15, -0.1) is 0 Å². The summed E-state index contributed by atoms with van der Waals surface area (Å²) in [6.07, 6.45) is 8.06. The second kappa shape index (κ2) is 18.1. The van der Waals surface area contributed by atoms with Crippen LogP contribution >= 0.6 is 11.6 Å². The Morgan fingerprint density at radius 2 is 1.71 bits per heavy atom. The molecule has 2 aliphatic heterocycles. The fourth-order valence-corrected chi connectivity index (χ4v) is 5.60. The van der Waals surface area contributed by atoms with Crippen LogP contribution in [0.3, 0.4) is 0 Å². The average Bonchev–Trinajstić information content (AvgIpc) is 3.48. The lowest BCUT2D eigenvalue weighted by Gasteiger charge is -2.32. The van der Waals surface area contributed by atoms with Gasteiger partial charge in [-0.1, -0.05) is 18.0 Å². The number of nitrogens with two attached hydrogens (primary N) is 1. The third-order valence-electron chi connectivity index (χ3n) is 7.92. The van der Waals surface area contributed by atoms with Gasteiger partial charge in [0.15, 0.2) is 0 Å². The number of aliphatic hydroxyl groups excluding tert-OH is 2. The summed E-state index contributed by atoms with van der Waals surface area (Å²) in [7, 11) is 0. The Morgan fingerprint density at radius 1 is 1.02 bits per heavy atom. The standard InChI is InChI=1S/C30H48ClN5O6/c31-25-19-24(29-23(28(25)32)12-18-42-29)30(41)35-21-10-16-36(17-11-21)15-5-1-2-8-26(39)34-14-6-9-27(40)33-13-4-3-7-22(38)20-37/h19,21-22,37-38H,1-18,20,32H2,(H,33,40)(H,34,39)(H,35,41). The maximum Gasteiger partial charge on any atom is 0.255 e. The molecule has 1 atom stereocenters. The Balaban J connectivity index is 1.17. The monoisotopic (exact) mass is 609 g/mol. The second-order valence-corrected chi connectivity index (χ2v) is 11.7. The highest BCUT2D eigenvalue weighted by Crippen LogP contribution is 2.38. The van der Waals surface area contributed by atoms with Crippen molar-refractivity contribution in [3.8, 4) is 5.75 Å². The first-order chi connectivity index (χ1) is 20.3. The third kappa shape index (κ3) is 11.2. The molecule has 0 spiro atoms. The van der Waals surface area contributed by atoms with Crippen LogP contribution in [0.15, 0.2) is 6.07 Å². The number of amides is 3. The highest BCUT2D eigenvalue weighted by molar-refractivity contribution is 6.33. The molecular formula is C30H48ClN5O6. The molecule has 0 radical (unpaired) electrons. The molecule has 0 bridgehead atoms. The number of anilines is 1. The quantitative estimate of drug-likeness (QED) is 0.109. The van der Waals surface area contributed by atoms with Crippen molar-refractivity contribution in [1.29, 1.82) is 0 Å². The van der Waals surface area contributed by atoms with Crippen LogP contribution in [-0.4, -0.2) is 90.9 Å². The van der Waals surface area contributed by atoms with E-state index in [9.17, 15) is 19.5 Å². The van der Waals surface area contributed by atoms with Crippen molar-refractivity contribution >= 4 is 35.0 Å². The zero-order chi connectivity index (χ0) is 30.3. The van der Waals surface area contributed by atoms with Crippen LogP contribution in [0.5, 0.6) is 5.75 Å². The zero-order valence-corrected chi connectivity index (χ0v) is 25.4. The number of benzene rings is 1. The molecule has 1 saturated heterocycles. The van der Waals surface area contributed by atoms with Crippen molar-refractivity contribution in [1.82, 2.24) is 20.9 Å². The summed E-state index contributed by atoms with van der Waals surface area (Å²) in [5.74, 6) is 0.373. The number of ether oxygens (including phenoxy) is 1. The maximum atomic E-state index is 12.9. The van der Waals surface area contributed by atoms with Gasteiger partial charge in [-0.2, -0.15) is 0 Å². The van der Waals surface area contributed by atoms with E-state index in [1.54, 1.807) is 6.07 Å². The van der Waals surface area contributed by atoms with Crippen LogP contribution in [-0.2, 0) is 16.0 Å². The average molecular weight is 610 g/mol. The Bertz CT molecular complexity index is 1030. The summed E-state index contributed by atoms with van der Waals surface area (Å²) in [6, 6.07) is 1.71. The normalized spacial score (nSPS) is 16.0. The molecule has 1 aromatic carbocycles. The van der Waals surface area contributed by atoms with Gasteiger partial charge in [-0.25, -0.2) is 0 Å². The van der Waals surface area contributed by atoms with E-state index < -0.39 is 6.10 Å². The van der Waals surface area contributed by atoms with E-state index in [1.165, 1.54) is 0 Å². The van der Waals surface area contributed by atoms with Crippen LogP contribution < -0.4 is 26.4 Å². The topological polar surface area (TPSA) is 166 Å². The van der Waals surface area contributed by atoms with E-state index in [0.717, 1.165) is 70.1 Å². The number of carbonyl (C=O) groups is 3. The molecule has 0 aliphatic carbocycles. The summed E-state index contributed by atoms with van der Waals surface area (Å²) >= 11 is 6.25. The predicted octanol–water partition coefficient (Wildman–Crippen LogP) is 2.15. The number of aliphatic hydroxyl groups is 2. The lowest BCUT2D eigenvalue weighted by molar-refractivity contribution is -0.123. The molecule has 0 aromatic heterocycles. The van der Waals surface area contributed by atoms with E-state index in [1.807, 2.05) is 0 Å². The minimum Gasteiger partial charge on any atom is -0.492 e. The lowest BCUT2D eigenvalue weighted by Crippen LogP contribution is -2.44. The molecule has 2 aliphatic rings. The largest absolute Gasteiger partial charge is 0.492 e. The van der Waals surface area contributed by atoms with Gasteiger partial charge in [-0.3, -0.25) is 14.4 Å². The molecule has 1 unspecified atom stereocenters. The summed E-state index contributed by atoms with van der Waals surface area (Å²) in [5, 5.41) is 27.3. The molecule has 2 heterocycles. The number of hydrogen-bond donors (Lipinski definition) is 6. The van der Waals surface area contributed by atoms with Gasteiger partial charge in [0.2, 0.25) is 11.8 Å². The number of halogens is 1.